The van der Waals surface area contributed by atoms with Crippen LogP contribution in [0, 0.1) is 0 Å². The molecule has 0 spiro atoms. The summed E-state index contributed by atoms with van der Waals surface area (Å²) in [5.74, 6) is 1.43. The fraction of sp³-hybridized carbons (Fsp3) is 0.538. The van der Waals surface area contributed by atoms with Crippen molar-refractivity contribution in [2.45, 2.75) is 33.1 Å². The van der Waals surface area contributed by atoms with Gasteiger partial charge in [-0.25, -0.2) is 4.98 Å². The molecular weight excluding hydrogens is 228 g/mol. The molecule has 0 bridgehead atoms. The van der Waals surface area contributed by atoms with Crippen molar-refractivity contribution in [3.8, 4) is 5.88 Å². The Hall–Kier alpha value is -1.78. The molecular formula is C13H20N4O. The predicted octanol–water partition coefficient (Wildman–Crippen LogP) is 2.73. The van der Waals surface area contributed by atoms with Gasteiger partial charge in [0.15, 0.2) is 0 Å². The van der Waals surface area contributed by atoms with Gasteiger partial charge in [0, 0.05) is 18.9 Å². The van der Waals surface area contributed by atoms with Crippen LogP contribution in [-0.4, -0.2) is 27.5 Å². The molecule has 0 aromatic carbocycles. The number of imidazole rings is 1. The van der Waals surface area contributed by atoms with Gasteiger partial charge in [0.25, 0.3) is 5.88 Å². The van der Waals surface area contributed by atoms with Crippen LogP contribution in [0.4, 0.5) is 5.82 Å². The summed E-state index contributed by atoms with van der Waals surface area (Å²) in [5.41, 5.74) is 0.771. The van der Waals surface area contributed by atoms with E-state index in [1.165, 1.54) is 0 Å². The standard InChI is InChI=1S/C13H20N4O/c1-3-5-9-18-13-12-15-7-8-17(12)10-11(16-13)14-6-4-2/h7-8,10,14H,3-6,9H2,1-2H3. The highest BCUT2D eigenvalue weighted by Crippen LogP contribution is 2.18. The average Bonchev–Trinajstić information content (AvgIpc) is 2.85. The molecule has 5 nitrogen and oxygen atoms in total. The van der Waals surface area contributed by atoms with Crippen molar-refractivity contribution in [3.05, 3.63) is 18.6 Å². The second-order valence-electron chi connectivity index (χ2n) is 4.22. The van der Waals surface area contributed by atoms with Gasteiger partial charge in [-0.3, -0.25) is 4.40 Å². The van der Waals surface area contributed by atoms with Gasteiger partial charge in [0.1, 0.15) is 5.82 Å². The van der Waals surface area contributed by atoms with Gasteiger partial charge in [-0.15, -0.1) is 0 Å². The van der Waals surface area contributed by atoms with E-state index in [4.69, 9.17) is 4.74 Å². The third-order valence-corrected chi connectivity index (χ3v) is 2.64. The molecule has 0 aliphatic rings. The number of aromatic nitrogens is 3. The van der Waals surface area contributed by atoms with Crippen LogP contribution in [0.5, 0.6) is 5.88 Å². The van der Waals surface area contributed by atoms with E-state index in [0.717, 1.165) is 37.3 Å². The number of anilines is 1. The SMILES string of the molecule is CCCCOc1nc(NCCC)cn2ccnc12. The first-order chi connectivity index (χ1) is 8.85. The van der Waals surface area contributed by atoms with Crippen molar-refractivity contribution >= 4 is 11.5 Å². The molecule has 0 fully saturated rings. The first kappa shape index (κ1) is 12.7. The number of nitrogens with zero attached hydrogens (tertiary/aromatic N) is 3. The molecule has 98 valence electrons. The van der Waals surface area contributed by atoms with Crippen molar-refractivity contribution in [2.24, 2.45) is 0 Å². The summed E-state index contributed by atoms with van der Waals surface area (Å²) < 4.78 is 7.64. The van der Waals surface area contributed by atoms with E-state index in [1.54, 1.807) is 6.20 Å². The van der Waals surface area contributed by atoms with E-state index < -0.39 is 0 Å². The number of ether oxygens (including phenoxy) is 1. The lowest BCUT2D eigenvalue weighted by Crippen LogP contribution is -2.07. The molecule has 0 aliphatic heterocycles. The van der Waals surface area contributed by atoms with Crippen LogP contribution >= 0.6 is 0 Å². The van der Waals surface area contributed by atoms with Gasteiger partial charge >= 0.3 is 0 Å². The van der Waals surface area contributed by atoms with Gasteiger partial charge in [-0.05, 0) is 12.8 Å². The molecule has 0 aliphatic carbocycles. The minimum absolute atomic E-state index is 0.606. The summed E-state index contributed by atoms with van der Waals surface area (Å²) in [4.78, 5) is 8.73. The molecule has 0 radical (unpaired) electrons. The van der Waals surface area contributed by atoms with Crippen LogP contribution in [0.2, 0.25) is 0 Å². The summed E-state index contributed by atoms with van der Waals surface area (Å²) in [5, 5.41) is 3.27. The average molecular weight is 248 g/mol. The first-order valence-electron chi connectivity index (χ1n) is 6.55. The molecule has 2 aromatic rings. The number of hydrogen-bond donors (Lipinski definition) is 1. The first-order valence-corrected chi connectivity index (χ1v) is 6.55. The maximum atomic E-state index is 5.70. The fourth-order valence-electron chi connectivity index (χ4n) is 1.65. The highest BCUT2D eigenvalue weighted by molar-refractivity contribution is 5.53. The number of unbranched alkanes of at least 4 members (excludes halogenated alkanes) is 1. The summed E-state index contributed by atoms with van der Waals surface area (Å²) in [7, 11) is 0. The molecule has 0 amide bonds. The third kappa shape index (κ3) is 2.91. The van der Waals surface area contributed by atoms with Crippen LogP contribution in [-0.2, 0) is 0 Å². The van der Waals surface area contributed by atoms with Crippen molar-refractivity contribution < 1.29 is 4.74 Å². The minimum Gasteiger partial charge on any atom is -0.475 e. The van der Waals surface area contributed by atoms with Gasteiger partial charge in [-0.1, -0.05) is 20.3 Å². The Morgan fingerprint density at radius 2 is 2.22 bits per heavy atom. The zero-order valence-electron chi connectivity index (χ0n) is 11.0. The van der Waals surface area contributed by atoms with E-state index in [9.17, 15) is 0 Å². The molecule has 5 heteroatoms. The molecule has 2 aromatic heterocycles. The molecule has 0 unspecified atom stereocenters. The summed E-state index contributed by atoms with van der Waals surface area (Å²) in [6.07, 6.45) is 8.80. The van der Waals surface area contributed by atoms with Crippen LogP contribution < -0.4 is 10.1 Å². The fourth-order valence-corrected chi connectivity index (χ4v) is 1.65. The zero-order chi connectivity index (χ0) is 12.8. The lowest BCUT2D eigenvalue weighted by molar-refractivity contribution is 0.300. The molecule has 0 saturated carbocycles. The van der Waals surface area contributed by atoms with E-state index in [1.807, 2.05) is 16.8 Å². The Kier molecular flexibility index (Phi) is 4.39. The number of hydrogen-bond acceptors (Lipinski definition) is 4. The number of fused-ring (bicyclic) bond motifs is 1. The van der Waals surface area contributed by atoms with Gasteiger partial charge < -0.3 is 10.1 Å². The smallest absolute Gasteiger partial charge is 0.260 e. The zero-order valence-corrected chi connectivity index (χ0v) is 11.0. The molecule has 0 atom stereocenters. The predicted molar refractivity (Wildman–Crippen MR) is 72.2 cm³/mol. The van der Waals surface area contributed by atoms with Crippen LogP contribution in [0.3, 0.4) is 0 Å². The molecule has 0 saturated heterocycles. The quantitative estimate of drug-likeness (QED) is 0.765. The van der Waals surface area contributed by atoms with Gasteiger partial charge in [0.05, 0.1) is 12.8 Å². The summed E-state index contributed by atoms with van der Waals surface area (Å²) >= 11 is 0. The van der Waals surface area contributed by atoms with Crippen molar-refractivity contribution in [2.75, 3.05) is 18.5 Å². The molecule has 1 N–H and O–H groups in total. The Morgan fingerprint density at radius 3 is 3.00 bits per heavy atom. The van der Waals surface area contributed by atoms with Crippen molar-refractivity contribution in [1.29, 1.82) is 0 Å². The molecule has 18 heavy (non-hydrogen) atoms. The van der Waals surface area contributed by atoms with E-state index in [2.05, 4.69) is 29.1 Å². The van der Waals surface area contributed by atoms with E-state index in [-0.39, 0.29) is 0 Å². The van der Waals surface area contributed by atoms with Crippen LogP contribution in [0.1, 0.15) is 33.1 Å². The summed E-state index contributed by atoms with van der Waals surface area (Å²) in [6.45, 7) is 5.85. The normalized spacial score (nSPS) is 10.8. The minimum atomic E-state index is 0.606. The van der Waals surface area contributed by atoms with Crippen molar-refractivity contribution in [3.63, 3.8) is 0 Å². The third-order valence-electron chi connectivity index (χ3n) is 2.64. The summed E-state index contributed by atoms with van der Waals surface area (Å²) in [6, 6.07) is 0. The Labute approximate surface area is 107 Å². The van der Waals surface area contributed by atoms with Crippen molar-refractivity contribution in [1.82, 2.24) is 14.4 Å². The Morgan fingerprint density at radius 1 is 1.33 bits per heavy atom. The van der Waals surface area contributed by atoms with Crippen LogP contribution in [0.15, 0.2) is 18.6 Å². The maximum Gasteiger partial charge on any atom is 0.260 e. The van der Waals surface area contributed by atoms with E-state index >= 15 is 0 Å². The Bertz CT molecular complexity index is 495. The second-order valence-corrected chi connectivity index (χ2v) is 4.22. The van der Waals surface area contributed by atoms with Crippen LogP contribution in [0.25, 0.3) is 5.65 Å². The topological polar surface area (TPSA) is 51.5 Å². The number of rotatable bonds is 7. The molecule has 2 heterocycles. The highest BCUT2D eigenvalue weighted by atomic mass is 16.5. The van der Waals surface area contributed by atoms with Gasteiger partial charge in [0.2, 0.25) is 5.65 Å². The maximum absolute atomic E-state index is 5.70. The lowest BCUT2D eigenvalue weighted by Gasteiger charge is -2.09. The largest absolute Gasteiger partial charge is 0.475 e. The van der Waals surface area contributed by atoms with E-state index in [0.29, 0.717) is 12.5 Å². The molecule has 2 rings (SSSR count). The highest BCUT2D eigenvalue weighted by Gasteiger charge is 2.08. The lowest BCUT2D eigenvalue weighted by atomic mass is 10.4. The Balaban J connectivity index is 2.21. The second kappa shape index (κ2) is 6.23. The van der Waals surface area contributed by atoms with Gasteiger partial charge in [-0.2, -0.15) is 4.98 Å². The number of nitrogens with one attached hydrogen (secondary N) is 1. The monoisotopic (exact) mass is 248 g/mol.